The molecule has 0 aliphatic rings. The molecule has 4 nitrogen and oxygen atoms in total. The number of hydrogen-bond donors (Lipinski definition) is 0. The number of hydrogen-bond acceptors (Lipinski definition) is 4. The van der Waals surface area contributed by atoms with Gasteiger partial charge < -0.3 is 9.15 Å². The number of allylic oxidation sites excluding steroid dienone is 1. The summed E-state index contributed by atoms with van der Waals surface area (Å²) in [4.78, 5) is 24.5. The lowest BCUT2D eigenvalue weighted by atomic mass is 10.1. The Kier molecular flexibility index (Phi) is 6.02. The number of benzene rings is 2. The zero-order valence-corrected chi connectivity index (χ0v) is 14.9. The molecule has 134 valence electrons. The molecule has 0 fully saturated rings. The molecule has 0 atom stereocenters. The number of furan rings is 1. The van der Waals surface area contributed by atoms with Crippen molar-refractivity contribution in [3.63, 3.8) is 0 Å². The van der Waals surface area contributed by atoms with Crippen molar-refractivity contribution in [3.8, 4) is 5.75 Å². The Morgan fingerprint density at radius 3 is 2.44 bits per heavy atom. The molecule has 0 unspecified atom stereocenters. The maximum Gasteiger partial charge on any atom is 0.336 e. The highest BCUT2D eigenvalue weighted by molar-refractivity contribution is 6.32. The lowest BCUT2D eigenvalue weighted by Crippen LogP contribution is -2.07. The fourth-order valence-electron chi connectivity index (χ4n) is 2.30. The van der Waals surface area contributed by atoms with Crippen LogP contribution in [0.15, 0.2) is 83.5 Å². The van der Waals surface area contributed by atoms with Crippen molar-refractivity contribution < 1.29 is 18.7 Å². The lowest BCUT2D eigenvalue weighted by molar-refractivity contribution is -0.128. The topological polar surface area (TPSA) is 56.5 Å². The molecule has 1 heterocycles. The van der Waals surface area contributed by atoms with Crippen LogP contribution in [0, 0.1) is 0 Å². The third kappa shape index (κ3) is 5.06. The Morgan fingerprint density at radius 2 is 1.67 bits per heavy atom. The molecule has 0 saturated carbocycles. The van der Waals surface area contributed by atoms with E-state index in [1.807, 2.05) is 6.07 Å². The second-order valence-corrected chi connectivity index (χ2v) is 5.89. The molecule has 0 radical (unpaired) electrons. The van der Waals surface area contributed by atoms with E-state index in [2.05, 4.69) is 0 Å². The average Bonchev–Trinajstić information content (AvgIpc) is 3.19. The van der Waals surface area contributed by atoms with Gasteiger partial charge in [-0.2, -0.15) is 0 Å². The minimum Gasteiger partial charge on any atom is -0.465 e. The van der Waals surface area contributed by atoms with Gasteiger partial charge in [0.2, 0.25) is 0 Å². The SMILES string of the molecule is O=C(/C=C/c1ccccc1Cl)Oc1ccccc1C(=O)/C=C/c1ccco1. The number of halogens is 1. The minimum atomic E-state index is -0.606. The smallest absolute Gasteiger partial charge is 0.336 e. The summed E-state index contributed by atoms with van der Waals surface area (Å²) in [5, 5.41) is 0.528. The van der Waals surface area contributed by atoms with Crippen molar-refractivity contribution in [2.45, 2.75) is 0 Å². The predicted molar refractivity (Wildman–Crippen MR) is 105 cm³/mol. The molecule has 0 bridgehead atoms. The Bertz CT molecular complexity index is 1000. The van der Waals surface area contributed by atoms with Gasteiger partial charge >= 0.3 is 5.97 Å². The Morgan fingerprint density at radius 1 is 0.889 bits per heavy atom. The first kappa shape index (κ1) is 18.4. The van der Waals surface area contributed by atoms with Crippen molar-refractivity contribution >= 4 is 35.5 Å². The molecule has 0 N–H and O–H groups in total. The molecule has 27 heavy (non-hydrogen) atoms. The van der Waals surface area contributed by atoms with E-state index in [1.54, 1.807) is 66.7 Å². The normalized spacial score (nSPS) is 11.1. The van der Waals surface area contributed by atoms with Crippen LogP contribution >= 0.6 is 11.6 Å². The molecule has 0 aliphatic carbocycles. The van der Waals surface area contributed by atoms with Crippen LogP contribution in [0.2, 0.25) is 5.02 Å². The molecule has 0 saturated heterocycles. The number of carbonyl (C=O) groups excluding carboxylic acids is 2. The van der Waals surface area contributed by atoms with Gasteiger partial charge in [-0.15, -0.1) is 0 Å². The minimum absolute atomic E-state index is 0.181. The fraction of sp³-hybridized carbons (Fsp3) is 0. The van der Waals surface area contributed by atoms with E-state index >= 15 is 0 Å². The summed E-state index contributed by atoms with van der Waals surface area (Å²) in [7, 11) is 0. The second kappa shape index (κ2) is 8.83. The summed E-state index contributed by atoms with van der Waals surface area (Å²) in [6.07, 6.45) is 7.27. The molecule has 2 aromatic carbocycles. The van der Waals surface area contributed by atoms with E-state index < -0.39 is 5.97 Å². The molecule has 1 aromatic heterocycles. The highest BCUT2D eigenvalue weighted by Crippen LogP contribution is 2.21. The first-order chi connectivity index (χ1) is 13.1. The van der Waals surface area contributed by atoms with Crippen LogP contribution in [0.5, 0.6) is 5.75 Å². The van der Waals surface area contributed by atoms with Crippen molar-refractivity contribution in [1.82, 2.24) is 0 Å². The average molecular weight is 379 g/mol. The van der Waals surface area contributed by atoms with Crippen LogP contribution in [0.25, 0.3) is 12.2 Å². The number of para-hydroxylation sites is 1. The molecule has 0 spiro atoms. The summed E-state index contributed by atoms with van der Waals surface area (Å²) in [6, 6.07) is 17.1. The lowest BCUT2D eigenvalue weighted by Gasteiger charge is -2.06. The highest BCUT2D eigenvalue weighted by Gasteiger charge is 2.12. The maximum atomic E-state index is 12.4. The van der Waals surface area contributed by atoms with Crippen LogP contribution in [-0.4, -0.2) is 11.8 Å². The highest BCUT2D eigenvalue weighted by atomic mass is 35.5. The van der Waals surface area contributed by atoms with Gasteiger partial charge in [-0.25, -0.2) is 4.79 Å². The van der Waals surface area contributed by atoms with Gasteiger partial charge in [-0.1, -0.05) is 41.9 Å². The van der Waals surface area contributed by atoms with Gasteiger partial charge in [0.15, 0.2) is 5.78 Å². The number of ether oxygens (including phenoxy) is 1. The van der Waals surface area contributed by atoms with Crippen molar-refractivity contribution in [2.75, 3.05) is 0 Å². The van der Waals surface area contributed by atoms with Crippen molar-refractivity contribution in [1.29, 1.82) is 0 Å². The Labute approximate surface area is 161 Å². The third-order valence-electron chi connectivity index (χ3n) is 3.61. The molecule has 3 aromatic rings. The number of esters is 1. The van der Waals surface area contributed by atoms with Gasteiger partial charge in [0.25, 0.3) is 0 Å². The Balaban J connectivity index is 1.73. The monoisotopic (exact) mass is 378 g/mol. The summed E-state index contributed by atoms with van der Waals surface area (Å²) < 4.78 is 10.5. The maximum absolute atomic E-state index is 12.4. The molecule has 5 heteroatoms. The van der Waals surface area contributed by atoms with Crippen LogP contribution in [0.3, 0.4) is 0 Å². The summed E-state index contributed by atoms with van der Waals surface area (Å²) in [5.74, 6) is -0.170. The van der Waals surface area contributed by atoms with Gasteiger partial charge in [-0.3, -0.25) is 4.79 Å². The van der Waals surface area contributed by atoms with E-state index in [9.17, 15) is 9.59 Å². The predicted octanol–water partition coefficient (Wildman–Crippen LogP) is 5.45. The molecular formula is C22H15ClO4. The van der Waals surface area contributed by atoms with Crippen LogP contribution < -0.4 is 4.74 Å². The van der Waals surface area contributed by atoms with Gasteiger partial charge in [0.05, 0.1) is 11.8 Å². The largest absolute Gasteiger partial charge is 0.465 e. The van der Waals surface area contributed by atoms with Crippen molar-refractivity contribution in [2.24, 2.45) is 0 Å². The van der Waals surface area contributed by atoms with E-state index in [1.165, 1.54) is 18.4 Å². The standard InChI is InChI=1S/C22H15ClO4/c23-19-9-3-1-6-16(19)11-14-22(25)27-21-10-4-2-8-18(21)20(24)13-12-17-7-5-15-26-17/h1-15H/b13-12+,14-11+. The van der Waals surface area contributed by atoms with Crippen LogP contribution in [0.4, 0.5) is 0 Å². The number of ketones is 1. The molecule has 0 amide bonds. The number of rotatable bonds is 6. The second-order valence-electron chi connectivity index (χ2n) is 5.49. The molecule has 0 aliphatic heterocycles. The molecular weight excluding hydrogens is 364 g/mol. The summed E-state index contributed by atoms with van der Waals surface area (Å²) in [5.41, 5.74) is 0.974. The summed E-state index contributed by atoms with van der Waals surface area (Å²) in [6.45, 7) is 0. The molecule has 3 rings (SSSR count). The quantitative estimate of drug-likeness (QED) is 0.248. The van der Waals surface area contributed by atoms with Crippen LogP contribution in [-0.2, 0) is 4.79 Å². The first-order valence-electron chi connectivity index (χ1n) is 8.13. The Hall–Kier alpha value is -3.37. The van der Waals surface area contributed by atoms with E-state index in [0.29, 0.717) is 16.3 Å². The van der Waals surface area contributed by atoms with Crippen LogP contribution in [0.1, 0.15) is 21.7 Å². The zero-order chi connectivity index (χ0) is 19.1. The number of carbonyl (C=O) groups is 2. The zero-order valence-electron chi connectivity index (χ0n) is 14.2. The van der Waals surface area contributed by atoms with Gasteiger partial charge in [0.1, 0.15) is 11.5 Å². The van der Waals surface area contributed by atoms with E-state index in [-0.39, 0.29) is 17.1 Å². The fourth-order valence-corrected chi connectivity index (χ4v) is 2.50. The van der Waals surface area contributed by atoms with Crippen molar-refractivity contribution in [3.05, 3.63) is 101 Å². The summed E-state index contributed by atoms with van der Waals surface area (Å²) >= 11 is 6.05. The third-order valence-corrected chi connectivity index (χ3v) is 3.95. The van der Waals surface area contributed by atoms with Gasteiger partial charge in [0, 0.05) is 11.1 Å². The van der Waals surface area contributed by atoms with Gasteiger partial charge in [-0.05, 0) is 54.1 Å². The van der Waals surface area contributed by atoms with E-state index in [0.717, 1.165) is 0 Å². The van der Waals surface area contributed by atoms with E-state index in [4.69, 9.17) is 20.8 Å². The first-order valence-corrected chi connectivity index (χ1v) is 8.50.